The number of ether oxygens (including phenoxy) is 2. The van der Waals surface area contributed by atoms with Crippen LogP contribution in [-0.4, -0.2) is 38.8 Å². The van der Waals surface area contributed by atoms with Gasteiger partial charge in [0.1, 0.15) is 0 Å². The van der Waals surface area contributed by atoms with Gasteiger partial charge in [-0.25, -0.2) is 0 Å². The van der Waals surface area contributed by atoms with Gasteiger partial charge in [0.05, 0.1) is 13.2 Å². The van der Waals surface area contributed by atoms with Crippen molar-refractivity contribution in [1.82, 2.24) is 10.6 Å². The minimum Gasteiger partial charge on any atom is -0.493 e. The van der Waals surface area contributed by atoms with Crippen molar-refractivity contribution in [2.45, 2.75) is 33.3 Å². The van der Waals surface area contributed by atoms with E-state index >= 15 is 0 Å². The fourth-order valence-electron chi connectivity index (χ4n) is 1.83. The van der Waals surface area contributed by atoms with Gasteiger partial charge in [0.2, 0.25) is 0 Å². The number of nitrogens with one attached hydrogen (secondary N) is 2. The molecule has 118 valence electrons. The molecule has 1 amide bonds. The molecule has 0 aliphatic carbocycles. The summed E-state index contributed by atoms with van der Waals surface area (Å²) in [4.78, 5) is 12.0. The number of rotatable bonds is 9. The van der Waals surface area contributed by atoms with Gasteiger partial charge in [-0.15, -0.1) is 0 Å². The highest BCUT2D eigenvalue weighted by Gasteiger charge is 2.11. The predicted molar refractivity (Wildman–Crippen MR) is 84.3 cm³/mol. The highest BCUT2D eigenvalue weighted by molar-refractivity contribution is 5.94. The molecule has 0 fully saturated rings. The van der Waals surface area contributed by atoms with Gasteiger partial charge in [-0.2, -0.15) is 0 Å². The molecule has 0 atom stereocenters. The third kappa shape index (κ3) is 6.04. The molecule has 0 aliphatic heterocycles. The van der Waals surface area contributed by atoms with Crippen molar-refractivity contribution in [1.29, 1.82) is 0 Å². The van der Waals surface area contributed by atoms with Crippen LogP contribution in [0.25, 0.3) is 0 Å². The van der Waals surface area contributed by atoms with Crippen molar-refractivity contribution in [3.8, 4) is 11.5 Å². The van der Waals surface area contributed by atoms with E-state index in [1.807, 2.05) is 13.8 Å². The lowest BCUT2D eigenvalue weighted by Crippen LogP contribution is -2.32. The van der Waals surface area contributed by atoms with E-state index in [-0.39, 0.29) is 12.0 Å². The third-order valence-electron chi connectivity index (χ3n) is 2.80. The number of methoxy groups -OCH3 is 1. The SMILES string of the molecule is CCCNCCNC(=O)c1ccc(OC(C)C)c(OC)c1. The molecular formula is C16H26N2O3. The summed E-state index contributed by atoms with van der Waals surface area (Å²) in [5.74, 6) is 1.11. The minimum atomic E-state index is -0.109. The smallest absolute Gasteiger partial charge is 0.251 e. The van der Waals surface area contributed by atoms with Gasteiger partial charge in [-0.1, -0.05) is 6.92 Å². The molecule has 0 aromatic heterocycles. The molecule has 0 aliphatic rings. The number of hydrogen-bond donors (Lipinski definition) is 2. The highest BCUT2D eigenvalue weighted by Crippen LogP contribution is 2.28. The molecule has 0 radical (unpaired) electrons. The molecular weight excluding hydrogens is 268 g/mol. The van der Waals surface area contributed by atoms with Gasteiger partial charge in [0, 0.05) is 18.7 Å². The third-order valence-corrected chi connectivity index (χ3v) is 2.80. The maximum Gasteiger partial charge on any atom is 0.251 e. The van der Waals surface area contributed by atoms with E-state index in [0.29, 0.717) is 23.6 Å². The Labute approximate surface area is 127 Å². The zero-order valence-electron chi connectivity index (χ0n) is 13.4. The molecule has 1 rings (SSSR count). The first-order valence-corrected chi connectivity index (χ1v) is 7.42. The molecule has 1 aromatic carbocycles. The monoisotopic (exact) mass is 294 g/mol. The Bertz CT molecular complexity index is 447. The topological polar surface area (TPSA) is 59.6 Å². The van der Waals surface area contributed by atoms with Crippen LogP contribution >= 0.6 is 0 Å². The van der Waals surface area contributed by atoms with Gasteiger partial charge in [-0.3, -0.25) is 4.79 Å². The number of amides is 1. The van der Waals surface area contributed by atoms with Crippen LogP contribution < -0.4 is 20.1 Å². The molecule has 1 aromatic rings. The van der Waals surface area contributed by atoms with Crippen molar-refractivity contribution in [2.75, 3.05) is 26.7 Å². The fourth-order valence-corrected chi connectivity index (χ4v) is 1.83. The number of carbonyl (C=O) groups is 1. The maximum absolute atomic E-state index is 12.0. The van der Waals surface area contributed by atoms with Crippen LogP contribution in [-0.2, 0) is 0 Å². The summed E-state index contributed by atoms with van der Waals surface area (Å²) in [6.07, 6.45) is 1.14. The molecule has 5 heteroatoms. The van der Waals surface area contributed by atoms with Gasteiger partial charge in [0.15, 0.2) is 11.5 Å². The molecule has 0 bridgehead atoms. The maximum atomic E-state index is 12.0. The number of carbonyl (C=O) groups excluding carboxylic acids is 1. The van der Waals surface area contributed by atoms with E-state index in [1.165, 1.54) is 0 Å². The lowest BCUT2D eigenvalue weighted by atomic mass is 10.2. The first kappa shape index (κ1) is 17.3. The van der Waals surface area contributed by atoms with Crippen molar-refractivity contribution in [3.05, 3.63) is 23.8 Å². The average Bonchev–Trinajstić information content (AvgIpc) is 2.46. The second kappa shape index (κ2) is 9.23. The van der Waals surface area contributed by atoms with Crippen LogP contribution in [0, 0.1) is 0 Å². The number of hydrogen-bond acceptors (Lipinski definition) is 4. The summed E-state index contributed by atoms with van der Waals surface area (Å²) in [5.41, 5.74) is 0.568. The van der Waals surface area contributed by atoms with Gasteiger partial charge in [-0.05, 0) is 45.0 Å². The lowest BCUT2D eigenvalue weighted by molar-refractivity contribution is 0.0953. The van der Waals surface area contributed by atoms with Gasteiger partial charge < -0.3 is 20.1 Å². The summed E-state index contributed by atoms with van der Waals surface area (Å²) < 4.78 is 10.9. The highest BCUT2D eigenvalue weighted by atomic mass is 16.5. The first-order chi connectivity index (χ1) is 10.1. The van der Waals surface area contributed by atoms with Crippen LogP contribution in [0.15, 0.2) is 18.2 Å². The van der Waals surface area contributed by atoms with Crippen LogP contribution in [0.3, 0.4) is 0 Å². The fraction of sp³-hybridized carbons (Fsp3) is 0.562. The van der Waals surface area contributed by atoms with Crippen LogP contribution in [0.2, 0.25) is 0 Å². The summed E-state index contributed by atoms with van der Waals surface area (Å²) in [6.45, 7) is 8.34. The largest absolute Gasteiger partial charge is 0.493 e. The van der Waals surface area contributed by atoms with E-state index in [9.17, 15) is 4.79 Å². The number of benzene rings is 1. The van der Waals surface area contributed by atoms with Crippen LogP contribution in [0.4, 0.5) is 0 Å². The van der Waals surface area contributed by atoms with E-state index in [1.54, 1.807) is 25.3 Å². The Kier molecular flexibility index (Phi) is 7.61. The summed E-state index contributed by atoms with van der Waals surface area (Å²) in [5, 5.41) is 6.11. The zero-order chi connectivity index (χ0) is 15.7. The lowest BCUT2D eigenvalue weighted by Gasteiger charge is -2.14. The molecule has 0 saturated heterocycles. The Hall–Kier alpha value is -1.75. The molecule has 0 saturated carbocycles. The van der Waals surface area contributed by atoms with E-state index in [0.717, 1.165) is 19.5 Å². The van der Waals surface area contributed by atoms with Crippen molar-refractivity contribution < 1.29 is 14.3 Å². The van der Waals surface area contributed by atoms with Crippen LogP contribution in [0.5, 0.6) is 11.5 Å². The van der Waals surface area contributed by atoms with Crippen molar-refractivity contribution in [2.24, 2.45) is 0 Å². The van der Waals surface area contributed by atoms with Crippen LogP contribution in [0.1, 0.15) is 37.6 Å². The average molecular weight is 294 g/mol. The summed E-state index contributed by atoms with van der Waals surface area (Å²) in [7, 11) is 1.57. The Morgan fingerprint density at radius 1 is 1.19 bits per heavy atom. The summed E-state index contributed by atoms with van der Waals surface area (Å²) >= 11 is 0. The molecule has 2 N–H and O–H groups in total. The molecule has 0 unspecified atom stereocenters. The molecule has 0 spiro atoms. The van der Waals surface area contributed by atoms with E-state index in [2.05, 4.69) is 17.6 Å². The summed E-state index contributed by atoms with van der Waals surface area (Å²) in [6, 6.07) is 5.21. The minimum absolute atomic E-state index is 0.0585. The zero-order valence-corrected chi connectivity index (χ0v) is 13.4. The molecule has 0 heterocycles. The Balaban J connectivity index is 2.60. The second-order valence-electron chi connectivity index (χ2n) is 5.04. The molecule has 21 heavy (non-hydrogen) atoms. The van der Waals surface area contributed by atoms with Crippen molar-refractivity contribution >= 4 is 5.91 Å². The van der Waals surface area contributed by atoms with Crippen molar-refractivity contribution in [3.63, 3.8) is 0 Å². The quantitative estimate of drug-likeness (QED) is 0.686. The van der Waals surface area contributed by atoms with E-state index in [4.69, 9.17) is 9.47 Å². The van der Waals surface area contributed by atoms with E-state index < -0.39 is 0 Å². The molecule has 5 nitrogen and oxygen atoms in total. The second-order valence-corrected chi connectivity index (χ2v) is 5.04. The Morgan fingerprint density at radius 3 is 2.57 bits per heavy atom. The normalized spacial score (nSPS) is 10.5. The predicted octanol–water partition coefficient (Wildman–Crippen LogP) is 2.21. The first-order valence-electron chi connectivity index (χ1n) is 7.42. The standard InChI is InChI=1S/C16H26N2O3/c1-5-8-17-9-10-18-16(19)13-6-7-14(21-12(2)3)15(11-13)20-4/h6-7,11-12,17H,5,8-10H2,1-4H3,(H,18,19). The van der Waals surface area contributed by atoms with Gasteiger partial charge in [0.25, 0.3) is 5.91 Å². The Morgan fingerprint density at radius 2 is 1.95 bits per heavy atom. The van der Waals surface area contributed by atoms with Gasteiger partial charge >= 0.3 is 0 Å².